The van der Waals surface area contributed by atoms with Gasteiger partial charge >= 0.3 is 0 Å². The highest BCUT2D eigenvalue weighted by Gasteiger charge is 2.21. The van der Waals surface area contributed by atoms with Gasteiger partial charge in [-0.05, 0) is 25.9 Å². The van der Waals surface area contributed by atoms with Crippen molar-refractivity contribution in [2.75, 3.05) is 45.8 Å². The molecule has 0 aromatic carbocycles. The molecule has 16 heavy (non-hydrogen) atoms. The Morgan fingerprint density at radius 2 is 1.69 bits per heavy atom. The summed E-state index contributed by atoms with van der Waals surface area (Å²) in [5.74, 6) is 0.823. The van der Waals surface area contributed by atoms with E-state index in [1.165, 1.54) is 0 Å². The molecule has 0 aliphatic carbocycles. The van der Waals surface area contributed by atoms with Gasteiger partial charge in [-0.1, -0.05) is 0 Å². The molecule has 0 bridgehead atoms. The summed E-state index contributed by atoms with van der Waals surface area (Å²) in [4.78, 5) is 14.4. The first-order chi connectivity index (χ1) is 7.86. The molecular formula is C12H23N3O. The van der Waals surface area contributed by atoms with Crippen LogP contribution >= 0.6 is 0 Å². The summed E-state index contributed by atoms with van der Waals surface area (Å²) in [6.45, 7) is 7.33. The number of carbonyl (C=O) groups is 1. The lowest BCUT2D eigenvalue weighted by Gasteiger charge is -2.28. The largest absolute Gasteiger partial charge is 0.317 e. The van der Waals surface area contributed by atoms with Gasteiger partial charge in [0.25, 0.3) is 0 Å². The van der Waals surface area contributed by atoms with Crippen LogP contribution in [0.4, 0.5) is 0 Å². The van der Waals surface area contributed by atoms with Crippen molar-refractivity contribution in [3.05, 3.63) is 0 Å². The lowest BCUT2D eigenvalue weighted by Crippen LogP contribution is -2.44. The SMILES string of the molecule is O=C(CCN1CCNCC1)C1CCNCC1. The van der Waals surface area contributed by atoms with Crippen LogP contribution in [0.15, 0.2) is 0 Å². The number of hydrogen-bond donors (Lipinski definition) is 2. The van der Waals surface area contributed by atoms with Crippen molar-refractivity contribution in [3.8, 4) is 0 Å². The molecule has 0 atom stereocenters. The molecule has 0 amide bonds. The van der Waals surface area contributed by atoms with E-state index < -0.39 is 0 Å². The van der Waals surface area contributed by atoms with Crippen molar-refractivity contribution in [1.82, 2.24) is 15.5 Å². The molecule has 2 heterocycles. The molecule has 4 nitrogen and oxygen atoms in total. The Bertz CT molecular complexity index is 220. The molecule has 2 fully saturated rings. The topological polar surface area (TPSA) is 44.4 Å². The Balaban J connectivity index is 1.65. The zero-order chi connectivity index (χ0) is 11.2. The summed E-state index contributed by atoms with van der Waals surface area (Å²) in [6.07, 6.45) is 2.84. The van der Waals surface area contributed by atoms with Crippen LogP contribution in [0, 0.1) is 5.92 Å². The van der Waals surface area contributed by atoms with E-state index in [4.69, 9.17) is 0 Å². The average molecular weight is 225 g/mol. The molecule has 4 heteroatoms. The van der Waals surface area contributed by atoms with Gasteiger partial charge in [-0.3, -0.25) is 4.79 Å². The van der Waals surface area contributed by atoms with Crippen LogP contribution in [0.25, 0.3) is 0 Å². The van der Waals surface area contributed by atoms with Gasteiger partial charge < -0.3 is 15.5 Å². The standard InChI is InChI=1S/C12H23N3O/c16-12(11-1-4-13-5-2-11)3-8-15-9-6-14-7-10-15/h11,13-14H,1-10H2. The highest BCUT2D eigenvalue weighted by atomic mass is 16.1. The third-order valence-electron chi connectivity index (χ3n) is 3.68. The van der Waals surface area contributed by atoms with Gasteiger partial charge in [0, 0.05) is 45.1 Å². The van der Waals surface area contributed by atoms with E-state index in [1.807, 2.05) is 0 Å². The van der Waals surface area contributed by atoms with E-state index in [1.54, 1.807) is 0 Å². The zero-order valence-corrected chi connectivity index (χ0v) is 10.0. The fourth-order valence-corrected chi connectivity index (χ4v) is 2.55. The maximum Gasteiger partial charge on any atom is 0.137 e. The molecule has 92 valence electrons. The van der Waals surface area contributed by atoms with Gasteiger partial charge in [-0.15, -0.1) is 0 Å². The van der Waals surface area contributed by atoms with Gasteiger partial charge in [-0.25, -0.2) is 0 Å². The Kier molecular flexibility index (Phi) is 4.75. The maximum atomic E-state index is 12.0. The van der Waals surface area contributed by atoms with Crippen LogP contribution in [0.1, 0.15) is 19.3 Å². The van der Waals surface area contributed by atoms with Crippen molar-refractivity contribution in [2.24, 2.45) is 5.92 Å². The first-order valence-corrected chi connectivity index (χ1v) is 6.53. The zero-order valence-electron chi connectivity index (χ0n) is 10.0. The number of ketones is 1. The molecule has 0 saturated carbocycles. The van der Waals surface area contributed by atoms with E-state index in [2.05, 4.69) is 15.5 Å². The summed E-state index contributed by atoms with van der Waals surface area (Å²) in [6, 6.07) is 0. The second-order valence-corrected chi connectivity index (χ2v) is 4.83. The molecule has 2 saturated heterocycles. The number of Topliss-reactive ketones (excluding diaryl/α,β-unsaturated/α-hetero) is 1. The first kappa shape index (κ1) is 12.0. The maximum absolute atomic E-state index is 12.0. The fraction of sp³-hybridized carbons (Fsp3) is 0.917. The van der Waals surface area contributed by atoms with Crippen LogP contribution in [-0.4, -0.2) is 56.5 Å². The second-order valence-electron chi connectivity index (χ2n) is 4.83. The second kappa shape index (κ2) is 6.33. The van der Waals surface area contributed by atoms with Crippen LogP contribution in [-0.2, 0) is 4.79 Å². The van der Waals surface area contributed by atoms with E-state index >= 15 is 0 Å². The Hall–Kier alpha value is -0.450. The molecule has 2 aliphatic heterocycles. The summed E-state index contributed by atoms with van der Waals surface area (Å²) < 4.78 is 0. The van der Waals surface area contributed by atoms with E-state index in [-0.39, 0.29) is 0 Å². The number of rotatable bonds is 4. The lowest BCUT2D eigenvalue weighted by atomic mass is 9.92. The third-order valence-corrected chi connectivity index (χ3v) is 3.68. The number of piperazine rings is 1. The highest BCUT2D eigenvalue weighted by molar-refractivity contribution is 5.81. The van der Waals surface area contributed by atoms with Gasteiger partial charge in [0.2, 0.25) is 0 Å². The minimum absolute atomic E-state index is 0.337. The summed E-state index contributed by atoms with van der Waals surface area (Å²) in [5, 5.41) is 6.64. The van der Waals surface area contributed by atoms with Crippen LogP contribution in [0.5, 0.6) is 0 Å². The number of nitrogens with zero attached hydrogens (tertiary/aromatic N) is 1. The molecule has 0 radical (unpaired) electrons. The highest BCUT2D eigenvalue weighted by Crippen LogP contribution is 2.14. The minimum Gasteiger partial charge on any atom is -0.317 e. The lowest BCUT2D eigenvalue weighted by molar-refractivity contribution is -0.124. The summed E-state index contributed by atoms with van der Waals surface area (Å²) in [5.41, 5.74) is 0. The summed E-state index contributed by atoms with van der Waals surface area (Å²) in [7, 11) is 0. The molecule has 0 aromatic rings. The van der Waals surface area contributed by atoms with Crippen molar-refractivity contribution in [3.63, 3.8) is 0 Å². The molecule has 2 rings (SSSR count). The number of carbonyl (C=O) groups excluding carboxylic acids is 1. The Labute approximate surface area is 97.8 Å². The smallest absolute Gasteiger partial charge is 0.137 e. The molecule has 0 aromatic heterocycles. The van der Waals surface area contributed by atoms with E-state index in [0.717, 1.165) is 65.1 Å². The quantitative estimate of drug-likeness (QED) is 0.698. The van der Waals surface area contributed by atoms with Crippen molar-refractivity contribution in [2.45, 2.75) is 19.3 Å². The molecule has 2 aliphatic rings. The van der Waals surface area contributed by atoms with Gasteiger partial charge in [0.1, 0.15) is 5.78 Å². The monoisotopic (exact) mass is 225 g/mol. The fourth-order valence-electron chi connectivity index (χ4n) is 2.55. The van der Waals surface area contributed by atoms with Crippen molar-refractivity contribution >= 4 is 5.78 Å². The van der Waals surface area contributed by atoms with Crippen LogP contribution in [0.2, 0.25) is 0 Å². The predicted molar refractivity (Wildman–Crippen MR) is 64.5 cm³/mol. The Morgan fingerprint density at radius 1 is 1.06 bits per heavy atom. The van der Waals surface area contributed by atoms with Crippen molar-refractivity contribution in [1.29, 1.82) is 0 Å². The molecule has 0 spiro atoms. The van der Waals surface area contributed by atoms with Gasteiger partial charge in [-0.2, -0.15) is 0 Å². The molecular weight excluding hydrogens is 202 g/mol. The number of nitrogens with one attached hydrogen (secondary N) is 2. The predicted octanol–water partition coefficient (Wildman–Crippen LogP) is -0.150. The molecule has 0 unspecified atom stereocenters. The Morgan fingerprint density at radius 3 is 2.38 bits per heavy atom. The van der Waals surface area contributed by atoms with Crippen LogP contribution < -0.4 is 10.6 Å². The molecule has 2 N–H and O–H groups in total. The van der Waals surface area contributed by atoms with Gasteiger partial charge in [0.05, 0.1) is 0 Å². The van der Waals surface area contributed by atoms with E-state index in [9.17, 15) is 4.79 Å². The average Bonchev–Trinajstić information content (AvgIpc) is 2.38. The summed E-state index contributed by atoms with van der Waals surface area (Å²) >= 11 is 0. The van der Waals surface area contributed by atoms with Crippen molar-refractivity contribution < 1.29 is 4.79 Å². The van der Waals surface area contributed by atoms with Crippen LogP contribution in [0.3, 0.4) is 0 Å². The number of piperidine rings is 1. The number of hydrogen-bond acceptors (Lipinski definition) is 4. The first-order valence-electron chi connectivity index (χ1n) is 6.53. The minimum atomic E-state index is 0.337. The van der Waals surface area contributed by atoms with E-state index in [0.29, 0.717) is 11.7 Å². The normalized spacial score (nSPS) is 24.5. The van der Waals surface area contributed by atoms with Gasteiger partial charge in [0.15, 0.2) is 0 Å². The third kappa shape index (κ3) is 3.54.